The topological polar surface area (TPSA) is 134 Å². The van der Waals surface area contributed by atoms with Gasteiger partial charge in [-0.1, -0.05) is 24.3 Å². The molecule has 36 heavy (non-hydrogen) atoms. The lowest BCUT2D eigenvalue weighted by molar-refractivity contribution is -0.384. The van der Waals surface area contributed by atoms with Crippen molar-refractivity contribution in [3.8, 4) is 0 Å². The average molecular weight is 510 g/mol. The molecule has 192 valence electrons. The molecular formula is C23H21F3N2O8. The minimum atomic E-state index is -4.67. The Morgan fingerprint density at radius 1 is 0.917 bits per heavy atom. The van der Waals surface area contributed by atoms with E-state index in [9.17, 15) is 37.7 Å². The van der Waals surface area contributed by atoms with Crippen LogP contribution in [0.4, 0.5) is 18.9 Å². The number of halogens is 3. The first-order chi connectivity index (χ1) is 16.9. The van der Waals surface area contributed by atoms with E-state index in [1.165, 1.54) is 12.1 Å². The molecule has 2 aromatic carbocycles. The van der Waals surface area contributed by atoms with Gasteiger partial charge in [-0.3, -0.25) is 25.0 Å². The lowest BCUT2D eigenvalue weighted by Crippen LogP contribution is -2.53. The predicted molar refractivity (Wildman–Crippen MR) is 115 cm³/mol. The van der Waals surface area contributed by atoms with Gasteiger partial charge in [0.1, 0.15) is 5.92 Å². The summed E-state index contributed by atoms with van der Waals surface area (Å²) in [5, 5.41) is 14.0. The molecule has 10 nitrogen and oxygen atoms in total. The van der Waals surface area contributed by atoms with Crippen LogP contribution in [0.3, 0.4) is 0 Å². The van der Waals surface area contributed by atoms with Gasteiger partial charge in [-0.15, -0.1) is 0 Å². The molecule has 1 fully saturated rings. The molecule has 0 bridgehead atoms. The molecule has 0 radical (unpaired) electrons. The van der Waals surface area contributed by atoms with Gasteiger partial charge in [-0.2, -0.15) is 13.2 Å². The normalized spacial score (nSPS) is 23.6. The second kappa shape index (κ2) is 9.93. The van der Waals surface area contributed by atoms with Gasteiger partial charge < -0.3 is 14.2 Å². The van der Waals surface area contributed by atoms with Crippen LogP contribution in [0.1, 0.15) is 22.7 Å². The molecule has 0 aromatic heterocycles. The number of hydrogen-bond acceptors (Lipinski definition) is 9. The highest BCUT2D eigenvalue weighted by Gasteiger charge is 2.65. The van der Waals surface area contributed by atoms with Crippen molar-refractivity contribution in [1.82, 2.24) is 5.32 Å². The number of alkyl halides is 3. The van der Waals surface area contributed by atoms with Crippen LogP contribution in [0, 0.1) is 22.0 Å². The minimum Gasteiger partial charge on any atom is -0.469 e. The van der Waals surface area contributed by atoms with E-state index in [-0.39, 0.29) is 16.8 Å². The molecule has 1 N–H and O–H groups in total. The predicted octanol–water partition coefficient (Wildman–Crippen LogP) is 2.90. The molecule has 0 saturated carbocycles. The number of benzene rings is 2. The first-order valence-electron chi connectivity index (χ1n) is 10.4. The number of nitro benzene ring substituents is 1. The highest BCUT2D eigenvalue weighted by atomic mass is 19.4. The summed E-state index contributed by atoms with van der Waals surface area (Å²) in [5.74, 6) is -6.10. The number of carbonyl (C=O) groups excluding carboxylic acids is 3. The summed E-state index contributed by atoms with van der Waals surface area (Å²) in [4.78, 5) is 49.7. The number of esters is 3. The third kappa shape index (κ3) is 4.49. The Balaban J connectivity index is 2.28. The minimum absolute atomic E-state index is 0.101. The van der Waals surface area contributed by atoms with Crippen molar-refractivity contribution in [3.63, 3.8) is 0 Å². The lowest BCUT2D eigenvalue weighted by Gasteiger charge is -2.33. The van der Waals surface area contributed by atoms with Crippen LogP contribution in [0.2, 0.25) is 0 Å². The van der Waals surface area contributed by atoms with Crippen molar-refractivity contribution >= 4 is 23.6 Å². The van der Waals surface area contributed by atoms with E-state index in [0.717, 1.165) is 57.7 Å². The second-order valence-corrected chi connectivity index (χ2v) is 7.90. The molecule has 4 atom stereocenters. The van der Waals surface area contributed by atoms with Crippen LogP contribution in [-0.4, -0.2) is 44.2 Å². The average Bonchev–Trinajstić information content (AvgIpc) is 3.24. The number of ether oxygens (including phenoxy) is 3. The van der Waals surface area contributed by atoms with Crippen molar-refractivity contribution < 1.29 is 46.7 Å². The largest absolute Gasteiger partial charge is 0.469 e. The van der Waals surface area contributed by atoms with Crippen LogP contribution in [-0.2, 0) is 40.3 Å². The van der Waals surface area contributed by atoms with E-state index in [0.29, 0.717) is 0 Å². The Hall–Kier alpha value is -4.00. The van der Waals surface area contributed by atoms with Crippen LogP contribution in [0.25, 0.3) is 0 Å². The van der Waals surface area contributed by atoms with Crippen LogP contribution in [0.5, 0.6) is 0 Å². The number of hydrogen-bond donors (Lipinski definition) is 1. The highest BCUT2D eigenvalue weighted by molar-refractivity contribution is 5.95. The van der Waals surface area contributed by atoms with E-state index < -0.39 is 58.0 Å². The van der Waals surface area contributed by atoms with E-state index in [1.807, 2.05) is 0 Å². The zero-order chi connectivity index (χ0) is 26.8. The molecule has 1 aliphatic rings. The van der Waals surface area contributed by atoms with Crippen LogP contribution in [0.15, 0.2) is 48.5 Å². The summed E-state index contributed by atoms with van der Waals surface area (Å²) < 4.78 is 54.2. The molecule has 13 heteroatoms. The zero-order valence-electron chi connectivity index (χ0n) is 19.2. The Kier molecular flexibility index (Phi) is 7.34. The monoisotopic (exact) mass is 510 g/mol. The number of non-ortho nitro benzene ring substituents is 1. The molecule has 0 aliphatic carbocycles. The van der Waals surface area contributed by atoms with E-state index in [2.05, 4.69) is 5.32 Å². The molecule has 0 unspecified atom stereocenters. The SMILES string of the molecule is COC(=O)[C@H]1[C@@H](c2ccc([N+](=O)[O-])cc2)N[C@](C(=O)OC)(c2ccc(C(F)(F)F)cc2)[C@H]1C(=O)OC. The molecule has 3 rings (SSSR count). The summed E-state index contributed by atoms with van der Waals surface area (Å²) in [6.07, 6.45) is -4.67. The van der Waals surface area contributed by atoms with Gasteiger partial charge in [0.05, 0.1) is 37.7 Å². The molecule has 1 heterocycles. The summed E-state index contributed by atoms with van der Waals surface area (Å²) in [7, 11) is 3.08. The summed E-state index contributed by atoms with van der Waals surface area (Å²) in [5.41, 5.74) is -3.26. The maximum atomic E-state index is 13.3. The third-order valence-electron chi connectivity index (χ3n) is 6.13. The summed E-state index contributed by atoms with van der Waals surface area (Å²) >= 11 is 0. The van der Waals surface area contributed by atoms with Crippen LogP contribution < -0.4 is 5.32 Å². The van der Waals surface area contributed by atoms with E-state index in [1.54, 1.807) is 0 Å². The van der Waals surface area contributed by atoms with Crippen LogP contribution >= 0.6 is 0 Å². The first-order valence-corrected chi connectivity index (χ1v) is 10.4. The second-order valence-electron chi connectivity index (χ2n) is 7.90. The van der Waals surface area contributed by atoms with Gasteiger partial charge in [0.25, 0.3) is 5.69 Å². The van der Waals surface area contributed by atoms with Gasteiger partial charge in [-0.05, 0) is 23.3 Å². The van der Waals surface area contributed by atoms with Gasteiger partial charge in [0.15, 0.2) is 5.54 Å². The Morgan fingerprint density at radius 3 is 1.92 bits per heavy atom. The van der Waals surface area contributed by atoms with Crippen molar-refractivity contribution in [3.05, 3.63) is 75.3 Å². The van der Waals surface area contributed by atoms with Gasteiger partial charge >= 0.3 is 24.1 Å². The fourth-order valence-corrected chi connectivity index (χ4v) is 4.49. The van der Waals surface area contributed by atoms with Crippen molar-refractivity contribution in [2.45, 2.75) is 17.8 Å². The van der Waals surface area contributed by atoms with E-state index >= 15 is 0 Å². The number of nitrogens with zero attached hydrogens (tertiary/aromatic N) is 1. The number of rotatable bonds is 6. The standard InChI is InChI=1S/C23H21F3N2O8/c1-34-19(29)16-17(20(30)35-2)22(21(31)36-3,13-6-8-14(9-7-13)23(24,25)26)27-18(16)12-4-10-15(11-5-12)28(32)33/h4-11,16-18,27H,1-3H3/t16-,17-,18-,22-/m1/s1. The van der Waals surface area contributed by atoms with Gasteiger partial charge in [0, 0.05) is 18.2 Å². The zero-order valence-corrected chi connectivity index (χ0v) is 19.2. The lowest BCUT2D eigenvalue weighted by atomic mass is 9.74. The Morgan fingerprint density at radius 2 is 1.47 bits per heavy atom. The molecular weight excluding hydrogens is 489 g/mol. The van der Waals surface area contributed by atoms with Gasteiger partial charge in [-0.25, -0.2) is 4.79 Å². The maximum Gasteiger partial charge on any atom is 0.416 e. The van der Waals surface area contributed by atoms with Crippen molar-refractivity contribution in [1.29, 1.82) is 0 Å². The summed E-state index contributed by atoms with van der Waals surface area (Å²) in [6, 6.07) is 7.25. The number of methoxy groups -OCH3 is 3. The fourth-order valence-electron chi connectivity index (χ4n) is 4.49. The number of nitro groups is 1. The van der Waals surface area contributed by atoms with Gasteiger partial charge in [0.2, 0.25) is 0 Å². The Bertz CT molecular complexity index is 1170. The van der Waals surface area contributed by atoms with E-state index in [4.69, 9.17) is 14.2 Å². The quantitative estimate of drug-likeness (QED) is 0.269. The number of nitrogens with one attached hydrogen (secondary N) is 1. The van der Waals surface area contributed by atoms with Crippen molar-refractivity contribution in [2.75, 3.05) is 21.3 Å². The highest BCUT2D eigenvalue weighted by Crippen LogP contribution is 2.50. The smallest absolute Gasteiger partial charge is 0.416 e. The maximum absolute atomic E-state index is 13.3. The molecule has 0 spiro atoms. The first kappa shape index (κ1) is 26.6. The molecule has 0 amide bonds. The number of carbonyl (C=O) groups is 3. The molecule has 2 aromatic rings. The Labute approximate surface area is 202 Å². The fraction of sp³-hybridized carbons (Fsp3) is 0.348. The van der Waals surface area contributed by atoms with Crippen molar-refractivity contribution in [2.24, 2.45) is 11.8 Å². The molecule has 1 aliphatic heterocycles. The third-order valence-corrected chi connectivity index (χ3v) is 6.13. The summed E-state index contributed by atoms with van der Waals surface area (Å²) in [6.45, 7) is 0. The molecule has 1 saturated heterocycles.